The summed E-state index contributed by atoms with van der Waals surface area (Å²) in [6, 6.07) is 2.20. The van der Waals surface area contributed by atoms with Gasteiger partial charge in [0.25, 0.3) is 0 Å². The molecule has 0 saturated carbocycles. The summed E-state index contributed by atoms with van der Waals surface area (Å²) < 4.78 is 46.0. The maximum atomic E-state index is 13.3. The molecule has 2 rings (SSSR count). The Morgan fingerprint density at radius 2 is 2.19 bits per heavy atom. The predicted molar refractivity (Wildman–Crippen MR) is 53.0 cm³/mol. The lowest BCUT2D eigenvalue weighted by atomic mass is 10.2. The highest BCUT2D eigenvalue weighted by molar-refractivity contribution is 7.79. The Kier molecular flexibility index (Phi) is 2.80. The molecule has 0 aliphatic heterocycles. The van der Waals surface area contributed by atoms with Gasteiger partial charge in [0.15, 0.2) is 11.1 Å². The van der Waals surface area contributed by atoms with Gasteiger partial charge >= 0.3 is 0 Å². The lowest BCUT2D eigenvalue weighted by molar-refractivity contribution is 0.557. The average Bonchev–Trinajstić information content (AvgIpc) is 2.66. The van der Waals surface area contributed by atoms with Gasteiger partial charge in [0.1, 0.15) is 5.82 Å². The summed E-state index contributed by atoms with van der Waals surface area (Å²) in [7, 11) is 0. The van der Waals surface area contributed by atoms with Crippen molar-refractivity contribution in [2.45, 2.75) is 4.90 Å². The second kappa shape index (κ2) is 4.11. The zero-order valence-corrected chi connectivity index (χ0v) is 8.59. The third kappa shape index (κ3) is 1.86. The van der Waals surface area contributed by atoms with E-state index in [1.807, 2.05) is 0 Å². The van der Waals surface area contributed by atoms with E-state index in [0.717, 1.165) is 12.3 Å². The zero-order chi connectivity index (χ0) is 11.7. The molecule has 0 spiro atoms. The molecule has 0 amide bonds. The molecule has 1 atom stereocenters. The minimum Gasteiger partial charge on any atom is -0.360 e. The van der Waals surface area contributed by atoms with Crippen LogP contribution in [0.15, 0.2) is 29.4 Å². The maximum absolute atomic E-state index is 13.3. The van der Waals surface area contributed by atoms with Crippen molar-refractivity contribution in [2.75, 3.05) is 0 Å². The van der Waals surface area contributed by atoms with E-state index in [4.69, 9.17) is 4.55 Å². The number of halogens is 2. The number of hydrogen-bond donors (Lipinski definition) is 2. The van der Waals surface area contributed by atoms with Crippen molar-refractivity contribution >= 4 is 11.1 Å². The van der Waals surface area contributed by atoms with Gasteiger partial charge in [0.05, 0.1) is 16.2 Å². The van der Waals surface area contributed by atoms with Gasteiger partial charge in [-0.3, -0.25) is 0 Å². The van der Waals surface area contributed by atoms with Crippen LogP contribution in [0, 0.1) is 11.8 Å². The highest BCUT2D eigenvalue weighted by Crippen LogP contribution is 2.24. The molecule has 4 nitrogen and oxygen atoms in total. The third-order valence-corrected chi connectivity index (χ3v) is 2.62. The molecule has 2 aromatic rings. The number of nitrogens with zero attached hydrogens (tertiary/aromatic N) is 1. The van der Waals surface area contributed by atoms with Crippen molar-refractivity contribution in [1.82, 2.24) is 9.97 Å². The van der Waals surface area contributed by atoms with E-state index in [0.29, 0.717) is 0 Å². The van der Waals surface area contributed by atoms with Crippen LogP contribution in [0.25, 0.3) is 11.3 Å². The molecule has 2 heterocycles. The molecule has 16 heavy (non-hydrogen) atoms. The number of hydrogen-bond acceptors (Lipinski definition) is 2. The Hall–Kier alpha value is -1.60. The number of pyridine rings is 1. The van der Waals surface area contributed by atoms with Crippen LogP contribution in [0.1, 0.15) is 0 Å². The van der Waals surface area contributed by atoms with Gasteiger partial charge in [-0.1, -0.05) is 0 Å². The molecule has 7 heteroatoms. The fraction of sp³-hybridized carbons (Fsp3) is 0. The number of aromatic nitrogens is 2. The molecular weight excluding hydrogens is 238 g/mol. The smallest absolute Gasteiger partial charge is 0.225 e. The van der Waals surface area contributed by atoms with Crippen LogP contribution in [0.2, 0.25) is 0 Å². The standard InChI is InChI=1S/C9H6F2N2O2S/c10-6-1-2-12-9(11)8(6)7-3-5(4-13-7)16(14)15/h1-4,13H,(H,14,15). The van der Waals surface area contributed by atoms with E-state index in [1.54, 1.807) is 0 Å². The first-order chi connectivity index (χ1) is 7.59. The second-order valence-electron chi connectivity index (χ2n) is 2.96. The van der Waals surface area contributed by atoms with Crippen LogP contribution in [-0.4, -0.2) is 18.7 Å². The third-order valence-electron chi connectivity index (χ3n) is 1.98. The first-order valence-corrected chi connectivity index (χ1v) is 5.30. The van der Waals surface area contributed by atoms with Gasteiger partial charge in [-0.25, -0.2) is 13.6 Å². The Morgan fingerprint density at radius 3 is 2.75 bits per heavy atom. The maximum Gasteiger partial charge on any atom is 0.225 e. The van der Waals surface area contributed by atoms with Crippen LogP contribution < -0.4 is 0 Å². The van der Waals surface area contributed by atoms with E-state index < -0.39 is 22.8 Å². The molecule has 0 saturated heterocycles. The van der Waals surface area contributed by atoms with Crippen molar-refractivity contribution in [1.29, 1.82) is 0 Å². The minimum atomic E-state index is -2.19. The highest BCUT2D eigenvalue weighted by Gasteiger charge is 2.15. The van der Waals surface area contributed by atoms with Crippen molar-refractivity contribution in [3.63, 3.8) is 0 Å². The predicted octanol–water partition coefficient (Wildman–Crippen LogP) is 1.94. The molecule has 0 fully saturated rings. The summed E-state index contributed by atoms with van der Waals surface area (Å²) in [4.78, 5) is 5.86. The van der Waals surface area contributed by atoms with E-state index in [9.17, 15) is 13.0 Å². The molecule has 1 unspecified atom stereocenters. The number of aromatic amines is 1. The van der Waals surface area contributed by atoms with Crippen LogP contribution in [0.3, 0.4) is 0 Å². The molecule has 2 N–H and O–H groups in total. The molecule has 0 aliphatic rings. The summed E-state index contributed by atoms with van der Waals surface area (Å²) in [5.74, 6) is -1.76. The van der Waals surface area contributed by atoms with Crippen LogP contribution in [0.5, 0.6) is 0 Å². The SMILES string of the molecule is O=S(O)c1c[nH]c(-c2c(F)ccnc2F)c1. The van der Waals surface area contributed by atoms with E-state index >= 15 is 0 Å². The van der Waals surface area contributed by atoms with Gasteiger partial charge < -0.3 is 9.54 Å². The first kappa shape index (κ1) is 10.9. The van der Waals surface area contributed by atoms with Gasteiger partial charge in [-0.15, -0.1) is 0 Å². The summed E-state index contributed by atoms with van der Waals surface area (Å²) in [6.45, 7) is 0. The average molecular weight is 244 g/mol. The Bertz CT molecular complexity index is 536. The van der Waals surface area contributed by atoms with E-state index in [2.05, 4.69) is 9.97 Å². The number of H-pyrrole nitrogens is 1. The first-order valence-electron chi connectivity index (χ1n) is 4.19. The lowest BCUT2D eigenvalue weighted by Crippen LogP contribution is -1.92. The largest absolute Gasteiger partial charge is 0.360 e. The van der Waals surface area contributed by atoms with Gasteiger partial charge in [0.2, 0.25) is 5.95 Å². The molecule has 2 aromatic heterocycles. The van der Waals surface area contributed by atoms with Gasteiger partial charge in [0, 0.05) is 12.4 Å². The number of nitrogens with one attached hydrogen (secondary N) is 1. The van der Waals surface area contributed by atoms with Crippen LogP contribution >= 0.6 is 0 Å². The van der Waals surface area contributed by atoms with E-state index in [1.165, 1.54) is 12.3 Å². The fourth-order valence-electron chi connectivity index (χ4n) is 1.27. The molecular formula is C9H6F2N2O2S. The minimum absolute atomic E-state index is 0.0395. The Labute approximate surface area is 91.6 Å². The molecule has 0 radical (unpaired) electrons. The monoisotopic (exact) mass is 244 g/mol. The van der Waals surface area contributed by atoms with Crippen LogP contribution in [-0.2, 0) is 11.1 Å². The molecule has 0 aliphatic carbocycles. The molecule has 0 bridgehead atoms. The Balaban J connectivity index is 2.54. The van der Waals surface area contributed by atoms with Crippen molar-refractivity contribution in [2.24, 2.45) is 0 Å². The fourth-order valence-corrected chi connectivity index (χ4v) is 1.65. The van der Waals surface area contributed by atoms with Crippen LogP contribution in [0.4, 0.5) is 8.78 Å². The van der Waals surface area contributed by atoms with Gasteiger partial charge in [-0.05, 0) is 12.1 Å². The quantitative estimate of drug-likeness (QED) is 0.626. The Morgan fingerprint density at radius 1 is 1.44 bits per heavy atom. The normalized spacial score (nSPS) is 12.7. The van der Waals surface area contributed by atoms with Gasteiger partial charge in [-0.2, -0.15) is 4.39 Å². The summed E-state index contributed by atoms with van der Waals surface area (Å²) >= 11 is -2.19. The van der Waals surface area contributed by atoms with Crippen molar-refractivity contribution in [3.8, 4) is 11.3 Å². The lowest BCUT2D eigenvalue weighted by Gasteiger charge is -2.00. The van der Waals surface area contributed by atoms with E-state index in [-0.39, 0.29) is 16.2 Å². The zero-order valence-electron chi connectivity index (χ0n) is 7.78. The second-order valence-corrected chi connectivity index (χ2v) is 3.93. The molecule has 84 valence electrons. The summed E-state index contributed by atoms with van der Waals surface area (Å²) in [5, 5.41) is 0. The number of rotatable bonds is 2. The van der Waals surface area contributed by atoms with Crippen molar-refractivity contribution in [3.05, 3.63) is 36.3 Å². The topological polar surface area (TPSA) is 66.0 Å². The van der Waals surface area contributed by atoms with Crippen molar-refractivity contribution < 1.29 is 17.5 Å². The summed E-state index contributed by atoms with van der Waals surface area (Å²) in [5.41, 5.74) is -0.278. The summed E-state index contributed by atoms with van der Waals surface area (Å²) in [6.07, 6.45) is 2.21. The molecule has 0 aromatic carbocycles. The highest BCUT2D eigenvalue weighted by atomic mass is 32.2.